The standard InChI is InChI=1S/C29H35N3O5S/c1-28(2,3)37-27(35)32-18-29(19-32)8-10-31(11-9-29)12-13-36-24-7-6-20-4-5-21(14-22(20)15-24)26-30-23(17-38-26)16-25(33)34/h4-7,14-15,17H,8-13,16,18-19H2,1-3H3,(H,33,34). The Bertz CT molecular complexity index is 1320. The Morgan fingerprint density at radius 3 is 2.53 bits per heavy atom. The summed E-state index contributed by atoms with van der Waals surface area (Å²) < 4.78 is 11.6. The molecule has 0 unspecified atom stereocenters. The van der Waals surface area contributed by atoms with Crippen LogP contribution in [0.15, 0.2) is 41.8 Å². The van der Waals surface area contributed by atoms with Crippen molar-refractivity contribution >= 4 is 34.2 Å². The quantitative estimate of drug-likeness (QED) is 0.437. The van der Waals surface area contributed by atoms with Crippen LogP contribution in [0.4, 0.5) is 4.79 Å². The second-order valence-corrected chi connectivity index (χ2v) is 12.3. The highest BCUT2D eigenvalue weighted by Crippen LogP contribution is 2.41. The normalized spacial score (nSPS) is 17.4. The Balaban J connectivity index is 1.10. The predicted molar refractivity (Wildman–Crippen MR) is 148 cm³/mol. The lowest BCUT2D eigenvalue weighted by Crippen LogP contribution is -2.62. The number of hydrogen-bond acceptors (Lipinski definition) is 7. The summed E-state index contributed by atoms with van der Waals surface area (Å²) in [5, 5.41) is 13.8. The Kier molecular flexibility index (Phi) is 7.33. The first-order valence-electron chi connectivity index (χ1n) is 13.1. The number of carboxylic acid groups (broad SMARTS) is 1. The summed E-state index contributed by atoms with van der Waals surface area (Å²) in [5.74, 6) is -0.0417. The zero-order valence-electron chi connectivity index (χ0n) is 22.2. The Labute approximate surface area is 227 Å². The maximum atomic E-state index is 12.3. The lowest BCUT2D eigenvalue weighted by molar-refractivity contribution is -0.136. The Hall–Kier alpha value is -3.17. The molecule has 9 heteroatoms. The van der Waals surface area contributed by atoms with E-state index in [1.165, 1.54) is 11.3 Å². The van der Waals surface area contributed by atoms with E-state index in [1.54, 1.807) is 5.38 Å². The molecular weight excluding hydrogens is 502 g/mol. The molecule has 0 radical (unpaired) electrons. The first-order chi connectivity index (χ1) is 18.1. The van der Waals surface area contributed by atoms with Gasteiger partial charge in [0.1, 0.15) is 23.0 Å². The Morgan fingerprint density at radius 2 is 1.82 bits per heavy atom. The molecule has 5 rings (SSSR count). The third-order valence-electron chi connectivity index (χ3n) is 7.24. The number of fused-ring (bicyclic) bond motifs is 1. The van der Waals surface area contributed by atoms with E-state index in [-0.39, 0.29) is 17.9 Å². The molecule has 1 aromatic heterocycles. The van der Waals surface area contributed by atoms with Crippen molar-refractivity contribution in [3.8, 4) is 16.3 Å². The van der Waals surface area contributed by atoms with Crippen molar-refractivity contribution in [3.05, 3.63) is 47.5 Å². The number of carbonyl (C=O) groups is 2. The zero-order chi connectivity index (χ0) is 26.9. The van der Waals surface area contributed by atoms with E-state index in [4.69, 9.17) is 14.6 Å². The van der Waals surface area contributed by atoms with Crippen LogP contribution in [0.5, 0.6) is 5.75 Å². The van der Waals surface area contributed by atoms with Gasteiger partial charge in [-0.15, -0.1) is 11.3 Å². The van der Waals surface area contributed by atoms with Gasteiger partial charge in [0.05, 0.1) is 12.1 Å². The third-order valence-corrected chi connectivity index (χ3v) is 8.18. The fourth-order valence-electron chi connectivity index (χ4n) is 5.20. The summed E-state index contributed by atoms with van der Waals surface area (Å²) in [6.45, 7) is 10.8. The molecule has 2 fully saturated rings. The van der Waals surface area contributed by atoms with Crippen LogP contribution in [-0.2, 0) is 16.0 Å². The minimum atomic E-state index is -0.876. The molecule has 0 bridgehead atoms. The van der Waals surface area contributed by atoms with Crippen LogP contribution in [0.3, 0.4) is 0 Å². The molecule has 1 amide bonds. The van der Waals surface area contributed by atoms with Crippen LogP contribution in [0.2, 0.25) is 0 Å². The number of carboxylic acids is 1. The molecule has 0 saturated carbocycles. The number of rotatable bonds is 7. The van der Waals surface area contributed by atoms with Crippen LogP contribution in [0.25, 0.3) is 21.3 Å². The van der Waals surface area contributed by atoms with Gasteiger partial charge in [-0.2, -0.15) is 0 Å². The highest BCUT2D eigenvalue weighted by molar-refractivity contribution is 7.13. The first-order valence-corrected chi connectivity index (χ1v) is 14.0. The largest absolute Gasteiger partial charge is 0.492 e. The molecule has 2 saturated heterocycles. The monoisotopic (exact) mass is 537 g/mol. The zero-order valence-corrected chi connectivity index (χ0v) is 23.1. The second-order valence-electron chi connectivity index (χ2n) is 11.5. The molecule has 1 N–H and O–H groups in total. The number of amides is 1. The molecule has 1 spiro atoms. The maximum Gasteiger partial charge on any atom is 0.410 e. The second kappa shape index (κ2) is 10.5. The molecular formula is C29H35N3O5S. The van der Waals surface area contributed by atoms with E-state index in [0.717, 1.165) is 72.7 Å². The highest BCUT2D eigenvalue weighted by atomic mass is 32.1. The average molecular weight is 538 g/mol. The van der Waals surface area contributed by atoms with Crippen LogP contribution in [0, 0.1) is 5.41 Å². The fraction of sp³-hybridized carbons (Fsp3) is 0.483. The van der Waals surface area contributed by atoms with Gasteiger partial charge in [0.25, 0.3) is 0 Å². The summed E-state index contributed by atoms with van der Waals surface area (Å²) in [5.41, 5.74) is 1.34. The lowest BCUT2D eigenvalue weighted by Gasteiger charge is -2.53. The van der Waals surface area contributed by atoms with E-state index >= 15 is 0 Å². The molecule has 2 aliphatic heterocycles. The van der Waals surface area contributed by atoms with Crippen molar-refractivity contribution < 1.29 is 24.2 Å². The van der Waals surface area contributed by atoms with Gasteiger partial charge in [-0.25, -0.2) is 9.78 Å². The first kappa shape index (κ1) is 26.4. The van der Waals surface area contributed by atoms with Gasteiger partial charge < -0.3 is 19.5 Å². The average Bonchev–Trinajstić information content (AvgIpc) is 3.29. The SMILES string of the molecule is CC(C)(C)OC(=O)N1CC2(CCN(CCOc3ccc4ccc(-c5nc(CC(=O)O)cs5)cc4c3)CC2)C1. The molecule has 38 heavy (non-hydrogen) atoms. The molecule has 2 aliphatic rings. The summed E-state index contributed by atoms with van der Waals surface area (Å²) in [6, 6.07) is 12.3. The topological polar surface area (TPSA) is 92.2 Å². The smallest absolute Gasteiger partial charge is 0.410 e. The van der Waals surface area contributed by atoms with Crippen molar-refractivity contribution in [2.45, 2.75) is 45.6 Å². The van der Waals surface area contributed by atoms with Gasteiger partial charge in [-0.1, -0.05) is 18.2 Å². The number of nitrogens with zero attached hydrogens (tertiary/aromatic N) is 3. The fourth-order valence-corrected chi connectivity index (χ4v) is 6.02. The summed E-state index contributed by atoms with van der Waals surface area (Å²) >= 11 is 1.46. The molecule has 8 nitrogen and oxygen atoms in total. The molecule has 0 aliphatic carbocycles. The highest BCUT2D eigenvalue weighted by Gasteiger charge is 2.47. The molecule has 0 atom stereocenters. The molecule has 3 aromatic rings. The number of benzene rings is 2. The number of ether oxygens (including phenoxy) is 2. The summed E-state index contributed by atoms with van der Waals surface area (Å²) in [6.07, 6.45) is 1.92. The van der Waals surface area contributed by atoms with Crippen LogP contribution >= 0.6 is 11.3 Å². The van der Waals surface area contributed by atoms with Crippen molar-refractivity contribution in [1.29, 1.82) is 0 Å². The predicted octanol–water partition coefficient (Wildman–Crippen LogP) is 5.30. The van der Waals surface area contributed by atoms with Gasteiger partial charge in [0, 0.05) is 36.0 Å². The van der Waals surface area contributed by atoms with Crippen LogP contribution < -0.4 is 4.74 Å². The molecule has 2 aromatic carbocycles. The number of aromatic nitrogens is 1. The van der Waals surface area contributed by atoms with E-state index in [0.29, 0.717) is 12.3 Å². The summed E-state index contributed by atoms with van der Waals surface area (Å²) in [4.78, 5) is 32.0. The van der Waals surface area contributed by atoms with Gasteiger partial charge >= 0.3 is 12.1 Å². The number of likely N-dealkylation sites (tertiary alicyclic amines) is 2. The lowest BCUT2D eigenvalue weighted by atomic mass is 9.72. The number of piperidine rings is 1. The van der Waals surface area contributed by atoms with Crippen LogP contribution in [-0.4, -0.2) is 76.9 Å². The number of aliphatic carboxylic acids is 1. The van der Waals surface area contributed by atoms with Crippen molar-refractivity contribution in [2.24, 2.45) is 5.41 Å². The molecule has 3 heterocycles. The summed E-state index contributed by atoms with van der Waals surface area (Å²) in [7, 11) is 0. The minimum absolute atomic E-state index is 0.0649. The van der Waals surface area contributed by atoms with Crippen molar-refractivity contribution in [2.75, 3.05) is 39.3 Å². The van der Waals surface area contributed by atoms with Gasteiger partial charge in [-0.3, -0.25) is 9.69 Å². The van der Waals surface area contributed by atoms with Crippen molar-refractivity contribution in [1.82, 2.24) is 14.8 Å². The maximum absolute atomic E-state index is 12.3. The number of hydrogen-bond donors (Lipinski definition) is 1. The van der Waals surface area contributed by atoms with E-state index in [9.17, 15) is 9.59 Å². The van der Waals surface area contributed by atoms with Crippen LogP contribution in [0.1, 0.15) is 39.3 Å². The third kappa shape index (κ3) is 6.27. The number of thiazole rings is 1. The van der Waals surface area contributed by atoms with Gasteiger partial charge in [-0.05, 0) is 75.7 Å². The van der Waals surface area contributed by atoms with Crippen molar-refractivity contribution in [3.63, 3.8) is 0 Å². The van der Waals surface area contributed by atoms with Gasteiger partial charge in [0.15, 0.2) is 0 Å². The minimum Gasteiger partial charge on any atom is -0.492 e. The van der Waals surface area contributed by atoms with Gasteiger partial charge in [0.2, 0.25) is 0 Å². The van der Waals surface area contributed by atoms with E-state index < -0.39 is 11.6 Å². The van der Waals surface area contributed by atoms with E-state index in [1.807, 2.05) is 37.8 Å². The van der Waals surface area contributed by atoms with E-state index in [2.05, 4.69) is 34.1 Å². The molecule has 202 valence electrons. The Morgan fingerprint density at radius 1 is 1.08 bits per heavy atom. The number of carbonyl (C=O) groups excluding carboxylic acids is 1.